The summed E-state index contributed by atoms with van der Waals surface area (Å²) in [6.45, 7) is 2.62. The van der Waals surface area contributed by atoms with Crippen LogP contribution < -0.4 is 25.5 Å². The first-order valence-electron chi connectivity index (χ1n) is 13.6. The van der Waals surface area contributed by atoms with Crippen molar-refractivity contribution in [2.75, 3.05) is 11.9 Å². The van der Waals surface area contributed by atoms with Crippen LogP contribution in [0, 0.1) is 0 Å². The van der Waals surface area contributed by atoms with Crippen LogP contribution in [0.1, 0.15) is 60.5 Å². The number of nitrogens with zero attached hydrogens (tertiary/aromatic N) is 1. The normalized spacial score (nSPS) is 13.4. The number of amides is 3. The Morgan fingerprint density at radius 1 is 0.927 bits per heavy atom. The molecule has 3 aromatic rings. The van der Waals surface area contributed by atoms with E-state index in [0.29, 0.717) is 40.9 Å². The number of ether oxygens (including phenoxy) is 2. The van der Waals surface area contributed by atoms with Crippen LogP contribution in [0.5, 0.6) is 11.5 Å². The van der Waals surface area contributed by atoms with Crippen LogP contribution in [0.3, 0.4) is 0 Å². The molecule has 0 unspecified atom stereocenters. The van der Waals surface area contributed by atoms with Crippen molar-refractivity contribution in [1.29, 1.82) is 0 Å². The quantitative estimate of drug-likeness (QED) is 0.168. The summed E-state index contributed by atoms with van der Waals surface area (Å²) >= 11 is 5.94. The summed E-state index contributed by atoms with van der Waals surface area (Å²) in [5, 5.41) is 10.1. The van der Waals surface area contributed by atoms with Gasteiger partial charge in [-0.25, -0.2) is 5.43 Å². The minimum absolute atomic E-state index is 0.116. The number of hydrogen-bond donors (Lipinski definition) is 3. The molecule has 1 aliphatic carbocycles. The lowest BCUT2D eigenvalue weighted by atomic mass is 9.95. The molecule has 0 bridgehead atoms. The van der Waals surface area contributed by atoms with E-state index in [2.05, 4.69) is 21.2 Å². The smallest absolute Gasteiger partial charge is 0.329 e. The molecule has 4 rings (SSSR count). The molecule has 0 atom stereocenters. The molecule has 0 aromatic heterocycles. The van der Waals surface area contributed by atoms with Gasteiger partial charge in [0.05, 0.1) is 24.1 Å². The Kier molecular flexibility index (Phi) is 10.7. The highest BCUT2D eigenvalue weighted by molar-refractivity contribution is 6.40. The van der Waals surface area contributed by atoms with Gasteiger partial charge in [0.1, 0.15) is 6.61 Å². The summed E-state index contributed by atoms with van der Waals surface area (Å²) in [5.74, 6) is -1.14. The molecule has 0 heterocycles. The maximum atomic E-state index is 12.8. The Balaban J connectivity index is 1.33. The Morgan fingerprint density at radius 2 is 1.68 bits per heavy atom. The fourth-order valence-electron chi connectivity index (χ4n) is 4.43. The number of para-hydroxylation sites is 1. The second kappa shape index (κ2) is 14.9. The van der Waals surface area contributed by atoms with Gasteiger partial charge in [0.15, 0.2) is 11.5 Å². The largest absolute Gasteiger partial charge is 0.490 e. The van der Waals surface area contributed by atoms with Crippen molar-refractivity contribution in [2.45, 2.75) is 51.7 Å². The Hall–Kier alpha value is -4.37. The van der Waals surface area contributed by atoms with Gasteiger partial charge in [-0.15, -0.1) is 0 Å². The zero-order chi connectivity index (χ0) is 29.0. The fourth-order valence-corrected chi connectivity index (χ4v) is 4.56. The van der Waals surface area contributed by atoms with Gasteiger partial charge < -0.3 is 20.1 Å². The number of nitrogens with one attached hydrogen (secondary N) is 3. The zero-order valence-corrected chi connectivity index (χ0v) is 23.6. The van der Waals surface area contributed by atoms with E-state index in [9.17, 15) is 14.4 Å². The predicted molar refractivity (Wildman–Crippen MR) is 159 cm³/mol. The first-order chi connectivity index (χ1) is 19.9. The minimum atomic E-state index is -0.975. The zero-order valence-electron chi connectivity index (χ0n) is 22.8. The lowest BCUT2D eigenvalue weighted by molar-refractivity contribution is -0.136. The van der Waals surface area contributed by atoms with Gasteiger partial charge in [-0.1, -0.05) is 55.1 Å². The second-order valence-electron chi connectivity index (χ2n) is 9.56. The Morgan fingerprint density at radius 3 is 2.44 bits per heavy atom. The Bertz CT molecular complexity index is 1390. The number of rotatable bonds is 10. The summed E-state index contributed by atoms with van der Waals surface area (Å²) in [4.78, 5) is 37.8. The third-order valence-electron chi connectivity index (χ3n) is 6.52. The number of anilines is 1. The summed E-state index contributed by atoms with van der Waals surface area (Å²) in [7, 11) is 0. The number of hydrazone groups is 1. The maximum Gasteiger partial charge on any atom is 0.329 e. The molecule has 0 aliphatic heterocycles. The fraction of sp³-hybridized carbons (Fsp3) is 0.290. The topological polar surface area (TPSA) is 118 Å². The molecular weight excluding hydrogens is 544 g/mol. The van der Waals surface area contributed by atoms with Crippen molar-refractivity contribution < 1.29 is 23.9 Å². The summed E-state index contributed by atoms with van der Waals surface area (Å²) in [6, 6.07) is 19.3. The van der Waals surface area contributed by atoms with Gasteiger partial charge in [0, 0.05) is 11.1 Å². The van der Waals surface area contributed by atoms with Gasteiger partial charge in [0.2, 0.25) is 0 Å². The van der Waals surface area contributed by atoms with Gasteiger partial charge in [-0.3, -0.25) is 14.4 Å². The average Bonchev–Trinajstić information content (AvgIpc) is 2.98. The molecule has 3 aromatic carbocycles. The second-order valence-corrected chi connectivity index (χ2v) is 10.00. The molecule has 9 nitrogen and oxygen atoms in total. The number of halogens is 1. The highest BCUT2D eigenvalue weighted by Crippen LogP contribution is 2.29. The van der Waals surface area contributed by atoms with E-state index >= 15 is 0 Å². The summed E-state index contributed by atoms with van der Waals surface area (Å²) < 4.78 is 11.6. The molecule has 10 heteroatoms. The SMILES string of the molecule is CCOc1cc(/C=N\NC(=O)C(=O)Nc2ccccc2C(=O)NC2CCCCC2)ccc1OCc1ccc(Cl)cc1. The van der Waals surface area contributed by atoms with E-state index in [1.54, 1.807) is 54.6 Å². The van der Waals surface area contributed by atoms with Crippen LogP contribution in [-0.4, -0.2) is 36.6 Å². The van der Waals surface area contributed by atoms with Crippen molar-refractivity contribution in [3.8, 4) is 11.5 Å². The van der Waals surface area contributed by atoms with E-state index in [-0.39, 0.29) is 17.6 Å². The standard InChI is InChI=1S/C31H33ClN4O5/c1-2-40-28-18-22(14-17-27(28)41-20-21-12-15-23(32)16-13-21)19-33-36-31(39)30(38)35-26-11-7-6-10-25(26)29(37)34-24-8-4-3-5-9-24/h6-7,10-19,24H,2-5,8-9,20H2,1H3,(H,34,37)(H,35,38)(H,36,39)/b33-19-. The number of hydrogen-bond acceptors (Lipinski definition) is 6. The highest BCUT2D eigenvalue weighted by atomic mass is 35.5. The molecule has 41 heavy (non-hydrogen) atoms. The van der Waals surface area contributed by atoms with Gasteiger partial charge in [0.25, 0.3) is 5.91 Å². The molecule has 0 saturated heterocycles. The predicted octanol–water partition coefficient (Wildman–Crippen LogP) is 5.47. The van der Waals surface area contributed by atoms with Crippen molar-refractivity contribution in [2.24, 2.45) is 5.10 Å². The first-order valence-corrected chi connectivity index (χ1v) is 14.0. The van der Waals surface area contributed by atoms with Crippen molar-refractivity contribution in [3.05, 3.63) is 88.4 Å². The number of carbonyl (C=O) groups excluding carboxylic acids is 3. The third-order valence-corrected chi connectivity index (χ3v) is 6.77. The van der Waals surface area contributed by atoms with E-state index < -0.39 is 11.8 Å². The van der Waals surface area contributed by atoms with Gasteiger partial charge in [-0.05, 0) is 73.4 Å². The van der Waals surface area contributed by atoms with Crippen LogP contribution >= 0.6 is 11.6 Å². The van der Waals surface area contributed by atoms with Crippen molar-refractivity contribution in [1.82, 2.24) is 10.7 Å². The monoisotopic (exact) mass is 576 g/mol. The first kappa shape index (κ1) is 29.6. The lowest BCUT2D eigenvalue weighted by Gasteiger charge is -2.23. The van der Waals surface area contributed by atoms with E-state index in [1.807, 2.05) is 19.1 Å². The summed E-state index contributed by atoms with van der Waals surface area (Å²) in [5.41, 5.74) is 4.34. The number of benzene rings is 3. The molecule has 3 amide bonds. The molecule has 0 radical (unpaired) electrons. The van der Waals surface area contributed by atoms with E-state index in [4.69, 9.17) is 21.1 Å². The molecule has 0 spiro atoms. The van der Waals surface area contributed by atoms with Gasteiger partial charge in [-0.2, -0.15) is 5.10 Å². The maximum absolute atomic E-state index is 12.8. The summed E-state index contributed by atoms with van der Waals surface area (Å²) in [6.07, 6.45) is 6.60. The third kappa shape index (κ3) is 8.81. The van der Waals surface area contributed by atoms with E-state index in [1.165, 1.54) is 12.6 Å². The van der Waals surface area contributed by atoms with Crippen molar-refractivity contribution in [3.63, 3.8) is 0 Å². The molecular formula is C31H33ClN4O5. The van der Waals surface area contributed by atoms with Crippen LogP contribution in [-0.2, 0) is 16.2 Å². The highest BCUT2D eigenvalue weighted by Gasteiger charge is 2.21. The average molecular weight is 577 g/mol. The van der Waals surface area contributed by atoms with E-state index in [0.717, 1.165) is 31.2 Å². The van der Waals surface area contributed by atoms with Crippen LogP contribution in [0.25, 0.3) is 0 Å². The molecule has 1 fully saturated rings. The van der Waals surface area contributed by atoms with Gasteiger partial charge >= 0.3 is 11.8 Å². The molecule has 214 valence electrons. The van der Waals surface area contributed by atoms with Crippen LogP contribution in [0.4, 0.5) is 5.69 Å². The molecule has 1 aliphatic rings. The van der Waals surface area contributed by atoms with Crippen molar-refractivity contribution >= 4 is 41.2 Å². The number of carbonyl (C=O) groups is 3. The molecule has 3 N–H and O–H groups in total. The lowest BCUT2D eigenvalue weighted by Crippen LogP contribution is -2.37. The Labute approximate surface area is 244 Å². The van der Waals surface area contributed by atoms with Crippen LogP contribution in [0.2, 0.25) is 5.02 Å². The van der Waals surface area contributed by atoms with Crippen LogP contribution in [0.15, 0.2) is 71.8 Å². The molecule has 1 saturated carbocycles. The minimum Gasteiger partial charge on any atom is -0.490 e.